The molecule has 0 unspecified atom stereocenters. The van der Waals surface area contributed by atoms with E-state index in [2.05, 4.69) is 0 Å². The van der Waals surface area contributed by atoms with Gasteiger partial charge in [-0.3, -0.25) is 14.9 Å². The number of halogens is 1. The minimum Gasteiger partial charge on any atom is -0.443 e. The molecule has 202 valence electrons. The highest BCUT2D eigenvalue weighted by Gasteiger charge is 2.70. The number of para-hydroxylation sites is 1. The fourth-order valence-electron chi connectivity index (χ4n) is 6.27. The summed E-state index contributed by atoms with van der Waals surface area (Å²) in [5.41, 5.74) is -1.18. The van der Waals surface area contributed by atoms with Crippen LogP contribution >= 0.6 is 11.6 Å². The molecule has 9 heteroatoms. The Bertz CT molecular complexity index is 1440. The number of rotatable bonds is 3. The van der Waals surface area contributed by atoms with Gasteiger partial charge >= 0.3 is 6.09 Å². The molecule has 5 rings (SSSR count). The average molecular weight is 549 g/mol. The van der Waals surface area contributed by atoms with Crippen LogP contribution in [0.4, 0.5) is 10.5 Å². The van der Waals surface area contributed by atoms with Crippen molar-refractivity contribution in [1.82, 2.24) is 0 Å². The zero-order chi connectivity index (χ0) is 28.1. The van der Waals surface area contributed by atoms with Gasteiger partial charge in [0, 0.05) is 9.95 Å². The molecule has 2 amide bonds. The lowest BCUT2D eigenvalue weighted by molar-refractivity contribution is -0.537. The van der Waals surface area contributed by atoms with E-state index in [1.165, 1.54) is 0 Å². The van der Waals surface area contributed by atoms with Crippen molar-refractivity contribution in [3.05, 3.63) is 111 Å². The molecule has 39 heavy (non-hydrogen) atoms. The number of carbonyl (C=O) groups excluding carboxylic acids is 2. The Morgan fingerprint density at radius 2 is 1.67 bits per heavy atom. The minimum absolute atomic E-state index is 0.0706. The monoisotopic (exact) mass is 548 g/mol. The second-order valence-corrected chi connectivity index (χ2v) is 11.5. The molecule has 0 radical (unpaired) electrons. The van der Waals surface area contributed by atoms with Gasteiger partial charge in [-0.25, -0.2) is 9.69 Å². The highest BCUT2D eigenvalue weighted by atomic mass is 35.5. The third-order valence-electron chi connectivity index (χ3n) is 7.68. The second kappa shape index (κ2) is 9.77. The fourth-order valence-corrected chi connectivity index (χ4v) is 6.53. The lowest BCUT2D eigenvalue weighted by atomic mass is 9.54. The molecule has 1 heterocycles. The Hall–Kier alpha value is -3.75. The lowest BCUT2D eigenvalue weighted by Gasteiger charge is -2.48. The molecule has 1 fully saturated rings. The topological polar surface area (TPSA) is 110 Å². The highest BCUT2D eigenvalue weighted by molar-refractivity contribution is 6.31. The third kappa shape index (κ3) is 4.28. The summed E-state index contributed by atoms with van der Waals surface area (Å²) in [4.78, 5) is 41.5. The van der Waals surface area contributed by atoms with Gasteiger partial charge in [0.15, 0.2) is 0 Å². The number of carbonyl (C=O) groups is 2. The van der Waals surface area contributed by atoms with Crippen molar-refractivity contribution in [1.29, 1.82) is 0 Å². The fraction of sp³-hybridized carbons (Fsp3) is 0.333. The smallest absolute Gasteiger partial charge is 0.421 e. The number of anilines is 1. The number of amides is 2. The summed E-state index contributed by atoms with van der Waals surface area (Å²) in [6.45, 7) is 5.05. The van der Waals surface area contributed by atoms with Crippen LogP contribution in [0.3, 0.4) is 0 Å². The number of fused-ring (bicyclic) bond motifs is 2. The van der Waals surface area contributed by atoms with Gasteiger partial charge in [-0.1, -0.05) is 78.3 Å². The molecule has 3 aromatic rings. The SMILES string of the molecule is CC(C)(C)OC(=O)N1C(=O)[C@@]2(c3ccccc31)[C@@H](O)C[C@@H](c1ccccc1)[C@H]([N+](=O)[O-])[C@@H]2c1ccccc1Cl. The van der Waals surface area contributed by atoms with E-state index >= 15 is 0 Å². The summed E-state index contributed by atoms with van der Waals surface area (Å²) in [7, 11) is 0. The average Bonchev–Trinajstić information content (AvgIpc) is 3.14. The van der Waals surface area contributed by atoms with Crippen molar-refractivity contribution in [2.24, 2.45) is 0 Å². The zero-order valence-corrected chi connectivity index (χ0v) is 22.5. The number of nitrogens with zero attached hydrogens (tertiary/aromatic N) is 2. The number of benzene rings is 3. The zero-order valence-electron chi connectivity index (χ0n) is 21.8. The van der Waals surface area contributed by atoms with E-state index in [9.17, 15) is 24.8 Å². The van der Waals surface area contributed by atoms with Crippen LogP contribution in [0.25, 0.3) is 0 Å². The Morgan fingerprint density at radius 3 is 2.31 bits per heavy atom. The summed E-state index contributed by atoms with van der Waals surface area (Å²) >= 11 is 6.67. The quantitative estimate of drug-likeness (QED) is 0.325. The van der Waals surface area contributed by atoms with Crippen molar-refractivity contribution in [2.75, 3.05) is 4.90 Å². The molecule has 5 atom stereocenters. The first kappa shape index (κ1) is 26.8. The molecule has 0 aromatic heterocycles. The predicted molar refractivity (Wildman–Crippen MR) is 147 cm³/mol. The molecule has 1 saturated carbocycles. The van der Waals surface area contributed by atoms with Gasteiger partial charge in [-0.15, -0.1) is 0 Å². The van der Waals surface area contributed by atoms with Crippen LogP contribution in [0.2, 0.25) is 5.02 Å². The Morgan fingerprint density at radius 1 is 1.05 bits per heavy atom. The summed E-state index contributed by atoms with van der Waals surface area (Å²) in [6, 6.07) is 20.9. The van der Waals surface area contributed by atoms with Crippen LogP contribution in [-0.2, 0) is 14.9 Å². The van der Waals surface area contributed by atoms with Crippen LogP contribution in [0.1, 0.15) is 55.7 Å². The second-order valence-electron chi connectivity index (χ2n) is 11.1. The van der Waals surface area contributed by atoms with E-state index in [1.54, 1.807) is 93.6 Å². The molecule has 0 bridgehead atoms. The summed E-state index contributed by atoms with van der Waals surface area (Å²) < 4.78 is 5.57. The van der Waals surface area contributed by atoms with Crippen LogP contribution in [0.5, 0.6) is 0 Å². The molecule has 1 N–H and O–H groups in total. The first-order valence-electron chi connectivity index (χ1n) is 12.8. The molecular formula is C30H29ClN2O6. The normalized spacial score (nSPS) is 26.4. The van der Waals surface area contributed by atoms with Gasteiger partial charge < -0.3 is 9.84 Å². The molecule has 1 aliphatic carbocycles. The van der Waals surface area contributed by atoms with Crippen LogP contribution in [0.15, 0.2) is 78.9 Å². The van der Waals surface area contributed by atoms with E-state index in [0.717, 1.165) is 4.90 Å². The highest BCUT2D eigenvalue weighted by Crippen LogP contribution is 2.60. The number of nitro groups is 1. The van der Waals surface area contributed by atoms with E-state index in [4.69, 9.17) is 16.3 Å². The number of aliphatic hydroxyl groups excluding tert-OH is 1. The molecule has 8 nitrogen and oxygen atoms in total. The number of aliphatic hydroxyl groups is 1. The molecule has 2 aliphatic rings. The van der Waals surface area contributed by atoms with E-state index in [1.807, 2.05) is 6.07 Å². The van der Waals surface area contributed by atoms with Gasteiger partial charge in [0.25, 0.3) is 5.91 Å². The van der Waals surface area contributed by atoms with Crippen molar-refractivity contribution < 1.29 is 24.4 Å². The first-order valence-corrected chi connectivity index (χ1v) is 13.1. The number of ether oxygens (including phenoxy) is 1. The van der Waals surface area contributed by atoms with E-state index in [-0.39, 0.29) is 22.1 Å². The van der Waals surface area contributed by atoms with Gasteiger partial charge in [0.1, 0.15) is 11.0 Å². The summed E-state index contributed by atoms with van der Waals surface area (Å²) in [6.07, 6.45) is -2.36. The summed E-state index contributed by atoms with van der Waals surface area (Å²) in [5.74, 6) is -2.69. The molecule has 3 aromatic carbocycles. The van der Waals surface area contributed by atoms with Crippen molar-refractivity contribution >= 4 is 29.3 Å². The number of hydrogen-bond donors (Lipinski definition) is 1. The van der Waals surface area contributed by atoms with Crippen LogP contribution in [0, 0.1) is 10.1 Å². The third-order valence-corrected chi connectivity index (χ3v) is 8.03. The maximum absolute atomic E-state index is 14.6. The molecule has 1 aliphatic heterocycles. The largest absolute Gasteiger partial charge is 0.443 e. The van der Waals surface area contributed by atoms with E-state index < -0.39 is 47.0 Å². The maximum Gasteiger partial charge on any atom is 0.421 e. The van der Waals surface area contributed by atoms with Crippen LogP contribution < -0.4 is 4.90 Å². The lowest BCUT2D eigenvalue weighted by Crippen LogP contribution is -2.62. The summed E-state index contributed by atoms with van der Waals surface area (Å²) in [5, 5.41) is 25.2. The predicted octanol–water partition coefficient (Wildman–Crippen LogP) is 5.84. The van der Waals surface area contributed by atoms with Crippen molar-refractivity contribution in [2.45, 2.75) is 62.2 Å². The van der Waals surface area contributed by atoms with E-state index in [0.29, 0.717) is 16.7 Å². The Labute approximate surface area is 231 Å². The van der Waals surface area contributed by atoms with Crippen LogP contribution in [-0.4, -0.2) is 39.8 Å². The standard InChI is InChI=1S/C30H29ClN2O6/c1-29(2,3)39-28(36)32-23-16-10-8-14-21(23)30(27(32)35)24(34)17-20(18-11-5-4-6-12-18)26(33(37)38)25(30)19-13-7-9-15-22(19)31/h4-16,20,24-26,34H,17H2,1-3H3/t20-,24-,25-,26-,30-/m0/s1. The Balaban J connectivity index is 1.80. The van der Waals surface area contributed by atoms with Gasteiger partial charge in [-0.05, 0) is 56.0 Å². The van der Waals surface area contributed by atoms with Crippen molar-refractivity contribution in [3.8, 4) is 0 Å². The molecular weight excluding hydrogens is 520 g/mol. The van der Waals surface area contributed by atoms with Crippen molar-refractivity contribution in [3.63, 3.8) is 0 Å². The molecule has 1 spiro atoms. The number of hydrogen-bond acceptors (Lipinski definition) is 6. The first-order chi connectivity index (χ1) is 18.5. The van der Waals surface area contributed by atoms with Gasteiger partial charge in [0.05, 0.1) is 23.6 Å². The minimum atomic E-state index is -1.86. The van der Waals surface area contributed by atoms with Gasteiger partial charge in [0.2, 0.25) is 6.04 Å². The maximum atomic E-state index is 14.6. The molecule has 0 saturated heterocycles. The number of imide groups is 1. The Kier molecular flexibility index (Phi) is 6.73. The van der Waals surface area contributed by atoms with Gasteiger partial charge in [-0.2, -0.15) is 0 Å².